The Kier molecular flexibility index (Phi) is 3.69. The molecule has 2 rings (SSSR count). The third-order valence-corrected chi connectivity index (χ3v) is 2.99. The second kappa shape index (κ2) is 5.17. The molecule has 0 aromatic heterocycles. The van der Waals surface area contributed by atoms with Crippen molar-refractivity contribution in [2.24, 2.45) is 0 Å². The van der Waals surface area contributed by atoms with Gasteiger partial charge in [-0.2, -0.15) is 22.8 Å². The number of nitrogens with zero attached hydrogens (tertiary/aromatic N) is 1. The molecular formula is C15H8F5N. The molecule has 0 amide bonds. The van der Waals surface area contributed by atoms with E-state index in [0.717, 1.165) is 18.2 Å². The van der Waals surface area contributed by atoms with E-state index in [1.165, 1.54) is 12.1 Å². The second-order valence-electron chi connectivity index (χ2n) is 4.31. The van der Waals surface area contributed by atoms with E-state index in [1.54, 1.807) is 0 Å². The van der Waals surface area contributed by atoms with E-state index in [1.807, 2.05) is 0 Å². The molecule has 21 heavy (non-hydrogen) atoms. The minimum atomic E-state index is -4.60. The van der Waals surface area contributed by atoms with E-state index in [2.05, 4.69) is 0 Å². The number of halogens is 5. The summed E-state index contributed by atoms with van der Waals surface area (Å²) in [6, 6.07) is 8.25. The average Bonchev–Trinajstić information content (AvgIpc) is 2.47. The van der Waals surface area contributed by atoms with Crippen LogP contribution in [0.5, 0.6) is 0 Å². The zero-order valence-corrected chi connectivity index (χ0v) is 10.5. The molecule has 0 spiro atoms. The first-order valence-corrected chi connectivity index (χ1v) is 5.82. The average molecular weight is 297 g/mol. The van der Waals surface area contributed by atoms with Crippen molar-refractivity contribution in [3.63, 3.8) is 0 Å². The molecule has 0 aliphatic rings. The van der Waals surface area contributed by atoms with Crippen LogP contribution >= 0.6 is 0 Å². The van der Waals surface area contributed by atoms with Gasteiger partial charge in [-0.15, -0.1) is 0 Å². The second-order valence-corrected chi connectivity index (χ2v) is 4.31. The van der Waals surface area contributed by atoms with Gasteiger partial charge in [0.1, 0.15) is 5.82 Å². The van der Waals surface area contributed by atoms with Gasteiger partial charge < -0.3 is 0 Å². The number of benzene rings is 2. The highest BCUT2D eigenvalue weighted by Gasteiger charge is 2.59. The van der Waals surface area contributed by atoms with Crippen molar-refractivity contribution in [1.29, 1.82) is 5.26 Å². The standard InChI is InChI=1S/C15H8F5N/c16-12-7-5-11(6-8-12)14(17,18)15(19,20)13-4-2-1-3-10(13)9-21/h1-8H. The molecule has 2 aromatic rings. The quantitative estimate of drug-likeness (QED) is 0.761. The normalized spacial score (nSPS) is 12.0. The summed E-state index contributed by atoms with van der Waals surface area (Å²) >= 11 is 0. The van der Waals surface area contributed by atoms with E-state index >= 15 is 0 Å². The van der Waals surface area contributed by atoms with Crippen LogP contribution in [0.3, 0.4) is 0 Å². The summed E-state index contributed by atoms with van der Waals surface area (Å²) in [5.41, 5.74) is -2.63. The first-order chi connectivity index (χ1) is 9.80. The van der Waals surface area contributed by atoms with E-state index < -0.39 is 34.4 Å². The predicted molar refractivity (Wildman–Crippen MR) is 65.3 cm³/mol. The summed E-state index contributed by atoms with van der Waals surface area (Å²) in [6.45, 7) is 0. The molecule has 0 N–H and O–H groups in total. The maximum atomic E-state index is 14.2. The van der Waals surface area contributed by atoms with Crippen LogP contribution < -0.4 is 0 Å². The van der Waals surface area contributed by atoms with Gasteiger partial charge in [0.25, 0.3) is 0 Å². The molecule has 0 saturated heterocycles. The van der Waals surface area contributed by atoms with Gasteiger partial charge in [0.15, 0.2) is 0 Å². The molecule has 0 saturated carbocycles. The van der Waals surface area contributed by atoms with Crippen molar-refractivity contribution < 1.29 is 22.0 Å². The summed E-state index contributed by atoms with van der Waals surface area (Å²) in [6.07, 6.45) is 0. The maximum absolute atomic E-state index is 14.2. The van der Waals surface area contributed by atoms with Crippen LogP contribution in [-0.4, -0.2) is 0 Å². The molecule has 0 atom stereocenters. The van der Waals surface area contributed by atoms with Crippen LogP contribution in [-0.2, 0) is 11.8 Å². The highest BCUT2D eigenvalue weighted by Crippen LogP contribution is 2.50. The molecule has 0 bridgehead atoms. The Hall–Kier alpha value is -2.42. The van der Waals surface area contributed by atoms with Gasteiger partial charge >= 0.3 is 11.8 Å². The van der Waals surface area contributed by atoms with Gasteiger partial charge in [-0.3, -0.25) is 0 Å². The van der Waals surface area contributed by atoms with Crippen LogP contribution in [0.25, 0.3) is 0 Å². The number of alkyl halides is 4. The van der Waals surface area contributed by atoms with Crippen molar-refractivity contribution in [3.8, 4) is 6.07 Å². The van der Waals surface area contributed by atoms with E-state index in [9.17, 15) is 22.0 Å². The molecule has 0 heterocycles. The summed E-state index contributed by atoms with van der Waals surface area (Å²) in [5, 5.41) is 8.78. The third kappa shape index (κ3) is 2.47. The molecule has 0 fully saturated rings. The van der Waals surface area contributed by atoms with Crippen molar-refractivity contribution in [1.82, 2.24) is 0 Å². The molecule has 0 unspecified atom stereocenters. The Morgan fingerprint density at radius 3 is 1.95 bits per heavy atom. The third-order valence-electron chi connectivity index (χ3n) is 2.99. The van der Waals surface area contributed by atoms with Gasteiger partial charge in [0.05, 0.1) is 11.6 Å². The maximum Gasteiger partial charge on any atom is 0.341 e. The van der Waals surface area contributed by atoms with Crippen molar-refractivity contribution in [2.45, 2.75) is 11.8 Å². The lowest BCUT2D eigenvalue weighted by Crippen LogP contribution is -2.36. The Labute approximate surface area is 117 Å². The highest BCUT2D eigenvalue weighted by molar-refractivity contribution is 5.42. The van der Waals surface area contributed by atoms with Gasteiger partial charge in [-0.25, -0.2) is 4.39 Å². The molecule has 108 valence electrons. The Bertz CT molecular complexity index is 686. The minimum absolute atomic E-state index is 0.538. The predicted octanol–water partition coefficient (Wildman–Crippen LogP) is 4.58. The van der Waals surface area contributed by atoms with E-state index in [-0.39, 0.29) is 0 Å². The molecule has 1 nitrogen and oxygen atoms in total. The zero-order chi connectivity index (χ0) is 15.7. The smallest absolute Gasteiger partial charge is 0.207 e. The van der Waals surface area contributed by atoms with Gasteiger partial charge in [0, 0.05) is 11.1 Å². The first kappa shape index (κ1) is 15.0. The summed E-state index contributed by atoms with van der Waals surface area (Å²) in [4.78, 5) is 0. The van der Waals surface area contributed by atoms with Crippen LogP contribution in [0.15, 0.2) is 48.5 Å². The lowest BCUT2D eigenvalue weighted by Gasteiger charge is -2.27. The molecular weight excluding hydrogens is 289 g/mol. The summed E-state index contributed by atoms with van der Waals surface area (Å²) < 4.78 is 69.3. The molecule has 6 heteroatoms. The molecule has 2 aromatic carbocycles. The minimum Gasteiger partial charge on any atom is -0.207 e. The van der Waals surface area contributed by atoms with Crippen molar-refractivity contribution in [2.75, 3.05) is 0 Å². The van der Waals surface area contributed by atoms with Gasteiger partial charge in [-0.1, -0.05) is 18.2 Å². The fourth-order valence-corrected chi connectivity index (χ4v) is 1.86. The fraction of sp³-hybridized carbons (Fsp3) is 0.133. The van der Waals surface area contributed by atoms with Crippen molar-refractivity contribution >= 4 is 0 Å². The van der Waals surface area contributed by atoms with Crippen LogP contribution in [0, 0.1) is 17.1 Å². The van der Waals surface area contributed by atoms with Crippen LogP contribution in [0.4, 0.5) is 22.0 Å². The van der Waals surface area contributed by atoms with Crippen molar-refractivity contribution in [3.05, 3.63) is 71.0 Å². The van der Waals surface area contributed by atoms with Gasteiger partial charge in [0.2, 0.25) is 0 Å². The van der Waals surface area contributed by atoms with Crippen LogP contribution in [0.2, 0.25) is 0 Å². The number of rotatable bonds is 3. The van der Waals surface area contributed by atoms with Crippen LogP contribution in [0.1, 0.15) is 16.7 Å². The van der Waals surface area contributed by atoms with E-state index in [0.29, 0.717) is 24.3 Å². The lowest BCUT2D eigenvalue weighted by molar-refractivity contribution is -0.224. The fourth-order valence-electron chi connectivity index (χ4n) is 1.86. The van der Waals surface area contributed by atoms with E-state index in [4.69, 9.17) is 5.26 Å². The molecule has 0 radical (unpaired) electrons. The SMILES string of the molecule is N#Cc1ccccc1C(F)(F)C(F)(F)c1ccc(F)cc1. The lowest BCUT2D eigenvalue weighted by atomic mass is 9.93. The highest BCUT2D eigenvalue weighted by atomic mass is 19.3. The zero-order valence-electron chi connectivity index (χ0n) is 10.5. The Balaban J connectivity index is 2.56. The summed E-state index contributed by atoms with van der Waals surface area (Å²) in [7, 11) is 0. The summed E-state index contributed by atoms with van der Waals surface area (Å²) in [5.74, 6) is -9.99. The molecule has 0 aliphatic carbocycles. The monoisotopic (exact) mass is 297 g/mol. The first-order valence-electron chi connectivity index (χ1n) is 5.82. The molecule has 0 aliphatic heterocycles. The van der Waals surface area contributed by atoms with Gasteiger partial charge in [-0.05, 0) is 30.3 Å². The Morgan fingerprint density at radius 1 is 0.810 bits per heavy atom. The Morgan fingerprint density at radius 2 is 1.38 bits per heavy atom. The largest absolute Gasteiger partial charge is 0.341 e. The number of hydrogen-bond donors (Lipinski definition) is 0. The topological polar surface area (TPSA) is 23.8 Å². The number of hydrogen-bond acceptors (Lipinski definition) is 1. The number of nitriles is 1.